The van der Waals surface area contributed by atoms with E-state index < -0.39 is 0 Å². The molecule has 0 fully saturated rings. The molecule has 2 N–H and O–H groups in total. The number of aryl methyl sites for hydroxylation is 2. The van der Waals surface area contributed by atoms with Crippen molar-refractivity contribution in [3.05, 3.63) is 64.8 Å². The van der Waals surface area contributed by atoms with Crippen LogP contribution in [0.15, 0.2) is 42.5 Å². The third-order valence-corrected chi connectivity index (χ3v) is 4.39. The Hall–Kier alpha value is -2.59. The molecule has 3 aromatic rings. The lowest BCUT2D eigenvalue weighted by Gasteiger charge is -2.15. The van der Waals surface area contributed by atoms with Gasteiger partial charge in [-0.05, 0) is 57.3 Å². The zero-order chi connectivity index (χ0) is 18.0. The molecule has 0 spiro atoms. The standard InChI is InChI=1S/C21H25N3O/c1-14-9-10-20-18(11-14)17(15(2)22-20)12-21(25)23-19-8-6-5-7-16(19)13-24(3)4/h5-11,22H,12-13H2,1-4H3,(H,23,25). The number of fused-ring (bicyclic) bond motifs is 1. The number of aromatic nitrogens is 1. The predicted molar refractivity (Wildman–Crippen MR) is 104 cm³/mol. The van der Waals surface area contributed by atoms with E-state index in [0.29, 0.717) is 6.42 Å². The number of benzene rings is 2. The van der Waals surface area contributed by atoms with Crippen molar-refractivity contribution in [3.8, 4) is 0 Å². The van der Waals surface area contributed by atoms with Gasteiger partial charge in [-0.25, -0.2) is 0 Å². The molecule has 4 heteroatoms. The van der Waals surface area contributed by atoms with Gasteiger partial charge in [0.2, 0.25) is 5.91 Å². The largest absolute Gasteiger partial charge is 0.358 e. The molecule has 0 radical (unpaired) electrons. The van der Waals surface area contributed by atoms with Crippen molar-refractivity contribution in [1.29, 1.82) is 0 Å². The van der Waals surface area contributed by atoms with E-state index in [1.807, 2.05) is 39.2 Å². The Balaban J connectivity index is 1.82. The number of nitrogens with one attached hydrogen (secondary N) is 2. The highest BCUT2D eigenvalue weighted by Crippen LogP contribution is 2.24. The molecule has 130 valence electrons. The maximum absolute atomic E-state index is 12.7. The van der Waals surface area contributed by atoms with Crippen molar-refractivity contribution in [3.63, 3.8) is 0 Å². The molecule has 1 aromatic heterocycles. The number of hydrogen-bond donors (Lipinski definition) is 2. The summed E-state index contributed by atoms with van der Waals surface area (Å²) < 4.78 is 0. The van der Waals surface area contributed by atoms with Crippen molar-refractivity contribution in [2.45, 2.75) is 26.8 Å². The maximum Gasteiger partial charge on any atom is 0.228 e. The fourth-order valence-electron chi connectivity index (χ4n) is 3.20. The van der Waals surface area contributed by atoms with Crippen LogP contribution in [0.4, 0.5) is 5.69 Å². The first-order valence-electron chi connectivity index (χ1n) is 8.54. The Morgan fingerprint density at radius 2 is 1.88 bits per heavy atom. The summed E-state index contributed by atoms with van der Waals surface area (Å²) in [4.78, 5) is 18.1. The number of H-pyrrole nitrogens is 1. The minimum absolute atomic E-state index is 0.0108. The monoisotopic (exact) mass is 335 g/mol. The van der Waals surface area contributed by atoms with E-state index in [1.165, 1.54) is 5.56 Å². The molecule has 2 aromatic carbocycles. The molecule has 0 bridgehead atoms. The van der Waals surface area contributed by atoms with Crippen LogP contribution in [0.5, 0.6) is 0 Å². The highest BCUT2D eigenvalue weighted by Gasteiger charge is 2.14. The Morgan fingerprint density at radius 1 is 1.12 bits per heavy atom. The van der Waals surface area contributed by atoms with Gasteiger partial charge in [0.15, 0.2) is 0 Å². The maximum atomic E-state index is 12.7. The molecule has 1 heterocycles. The second-order valence-electron chi connectivity index (χ2n) is 6.90. The van der Waals surface area contributed by atoms with Gasteiger partial charge in [0.05, 0.1) is 6.42 Å². The van der Waals surface area contributed by atoms with Crippen molar-refractivity contribution in [2.75, 3.05) is 19.4 Å². The summed E-state index contributed by atoms with van der Waals surface area (Å²) in [6.07, 6.45) is 0.367. The summed E-state index contributed by atoms with van der Waals surface area (Å²) >= 11 is 0. The van der Waals surface area contributed by atoms with Gasteiger partial charge in [-0.2, -0.15) is 0 Å². The van der Waals surface area contributed by atoms with E-state index in [4.69, 9.17) is 0 Å². The smallest absolute Gasteiger partial charge is 0.228 e. The van der Waals surface area contributed by atoms with Crippen molar-refractivity contribution >= 4 is 22.5 Å². The van der Waals surface area contributed by atoms with Gasteiger partial charge in [0.1, 0.15) is 0 Å². The minimum Gasteiger partial charge on any atom is -0.358 e. The number of aromatic amines is 1. The third-order valence-electron chi connectivity index (χ3n) is 4.39. The van der Waals surface area contributed by atoms with Crippen LogP contribution in [0.25, 0.3) is 10.9 Å². The fourth-order valence-corrected chi connectivity index (χ4v) is 3.20. The van der Waals surface area contributed by atoms with E-state index >= 15 is 0 Å². The number of carbonyl (C=O) groups excluding carboxylic acids is 1. The van der Waals surface area contributed by atoms with Crippen molar-refractivity contribution < 1.29 is 4.79 Å². The first-order chi connectivity index (χ1) is 11.9. The molecule has 4 nitrogen and oxygen atoms in total. The average molecular weight is 335 g/mol. The first kappa shape index (κ1) is 17.2. The van der Waals surface area contributed by atoms with E-state index in [1.54, 1.807) is 0 Å². The summed E-state index contributed by atoms with van der Waals surface area (Å²) in [7, 11) is 4.05. The van der Waals surface area contributed by atoms with Gasteiger partial charge in [-0.3, -0.25) is 4.79 Å². The van der Waals surface area contributed by atoms with E-state index in [2.05, 4.69) is 46.4 Å². The molecular weight excluding hydrogens is 310 g/mol. The molecule has 1 amide bonds. The summed E-state index contributed by atoms with van der Waals surface area (Å²) in [6, 6.07) is 14.3. The van der Waals surface area contributed by atoms with Crippen LogP contribution in [0, 0.1) is 13.8 Å². The molecular formula is C21H25N3O. The topological polar surface area (TPSA) is 48.1 Å². The summed E-state index contributed by atoms with van der Waals surface area (Å²) in [6.45, 7) is 4.89. The third kappa shape index (κ3) is 3.91. The van der Waals surface area contributed by atoms with E-state index in [-0.39, 0.29) is 5.91 Å². The SMILES string of the molecule is Cc1ccc2[nH]c(C)c(CC(=O)Nc3ccccc3CN(C)C)c2c1. The number of nitrogens with zero attached hydrogens (tertiary/aromatic N) is 1. The van der Waals surface area contributed by atoms with Gasteiger partial charge < -0.3 is 15.2 Å². The molecule has 3 rings (SSSR count). The molecule has 0 atom stereocenters. The second kappa shape index (κ2) is 7.11. The zero-order valence-corrected chi connectivity index (χ0v) is 15.3. The Bertz CT molecular complexity index is 909. The second-order valence-corrected chi connectivity index (χ2v) is 6.90. The van der Waals surface area contributed by atoms with Crippen LogP contribution >= 0.6 is 0 Å². The number of amides is 1. The number of anilines is 1. The van der Waals surface area contributed by atoms with Crippen molar-refractivity contribution in [2.24, 2.45) is 0 Å². The Labute approximate surface area is 148 Å². The van der Waals surface area contributed by atoms with Crippen LogP contribution in [0.1, 0.15) is 22.4 Å². The summed E-state index contributed by atoms with van der Waals surface area (Å²) in [5.74, 6) is 0.0108. The highest BCUT2D eigenvalue weighted by atomic mass is 16.1. The quantitative estimate of drug-likeness (QED) is 0.739. The Morgan fingerprint density at radius 3 is 2.64 bits per heavy atom. The lowest BCUT2D eigenvalue weighted by Crippen LogP contribution is -2.18. The lowest BCUT2D eigenvalue weighted by atomic mass is 10.1. The van der Waals surface area contributed by atoms with Gasteiger partial charge in [0, 0.05) is 28.8 Å². The normalized spacial score (nSPS) is 11.2. The molecule has 0 aliphatic carbocycles. The fraction of sp³-hybridized carbons (Fsp3) is 0.286. The lowest BCUT2D eigenvalue weighted by molar-refractivity contribution is -0.115. The van der Waals surface area contributed by atoms with Crippen LogP contribution in [-0.2, 0) is 17.8 Å². The van der Waals surface area contributed by atoms with E-state index in [0.717, 1.165) is 40.0 Å². The number of carbonyl (C=O) groups is 1. The van der Waals surface area contributed by atoms with Gasteiger partial charge in [0.25, 0.3) is 0 Å². The van der Waals surface area contributed by atoms with Crippen molar-refractivity contribution in [1.82, 2.24) is 9.88 Å². The first-order valence-corrected chi connectivity index (χ1v) is 8.54. The van der Waals surface area contributed by atoms with Crippen LogP contribution in [-0.4, -0.2) is 29.9 Å². The number of rotatable bonds is 5. The highest BCUT2D eigenvalue weighted by molar-refractivity contribution is 5.97. The molecule has 0 saturated heterocycles. The average Bonchev–Trinajstić information content (AvgIpc) is 2.84. The van der Waals surface area contributed by atoms with Crippen LogP contribution < -0.4 is 5.32 Å². The number of para-hydroxylation sites is 1. The Kier molecular flexibility index (Phi) is 4.91. The molecule has 0 unspecified atom stereocenters. The van der Waals surface area contributed by atoms with Crippen LogP contribution in [0.3, 0.4) is 0 Å². The van der Waals surface area contributed by atoms with Gasteiger partial charge in [-0.1, -0.05) is 29.8 Å². The van der Waals surface area contributed by atoms with Gasteiger partial charge >= 0.3 is 0 Å². The molecule has 0 aliphatic rings. The molecule has 0 saturated carbocycles. The van der Waals surface area contributed by atoms with Crippen LogP contribution in [0.2, 0.25) is 0 Å². The van der Waals surface area contributed by atoms with E-state index in [9.17, 15) is 4.79 Å². The molecule has 0 aliphatic heterocycles. The predicted octanol–water partition coefficient (Wildman–Crippen LogP) is 4.03. The summed E-state index contributed by atoms with van der Waals surface area (Å²) in [5.41, 5.74) is 6.41. The minimum atomic E-state index is 0.0108. The zero-order valence-electron chi connectivity index (χ0n) is 15.3. The summed E-state index contributed by atoms with van der Waals surface area (Å²) in [5, 5.41) is 4.21. The molecule has 25 heavy (non-hydrogen) atoms. The van der Waals surface area contributed by atoms with Gasteiger partial charge in [-0.15, -0.1) is 0 Å². The number of hydrogen-bond acceptors (Lipinski definition) is 2.